The van der Waals surface area contributed by atoms with Crippen LogP contribution in [0.1, 0.15) is 28.5 Å². The maximum atomic E-state index is 12.0. The number of rotatable bonds is 4. The van der Waals surface area contributed by atoms with Crippen LogP contribution in [-0.2, 0) is 6.54 Å². The smallest absolute Gasteiger partial charge is 0.185 e. The molecule has 0 spiro atoms. The Morgan fingerprint density at radius 2 is 2.05 bits per heavy atom. The molecule has 1 aromatic heterocycles. The van der Waals surface area contributed by atoms with Crippen LogP contribution in [0.15, 0.2) is 41.0 Å². The first-order valence-corrected chi connectivity index (χ1v) is 6.91. The van der Waals surface area contributed by atoms with E-state index in [0.29, 0.717) is 5.56 Å². The van der Waals surface area contributed by atoms with Gasteiger partial charge in [-0.25, -0.2) is 0 Å². The molecule has 0 amide bonds. The second kappa shape index (κ2) is 5.97. The first kappa shape index (κ1) is 13.7. The molecule has 2 rings (SSSR count). The summed E-state index contributed by atoms with van der Waals surface area (Å²) >= 11 is 3.43. The van der Waals surface area contributed by atoms with E-state index in [2.05, 4.69) is 21.0 Å². The number of aromatic nitrogens is 2. The molecule has 0 atom stereocenters. The maximum absolute atomic E-state index is 12.0. The van der Waals surface area contributed by atoms with Gasteiger partial charge < -0.3 is 0 Å². The fourth-order valence-corrected chi connectivity index (χ4v) is 2.19. The standard InChI is InChI=1S/C15H15BrN2O/c1-3-18-14(13(16)10-17-18)8-9-15(19)12-6-4-11(2)5-7-12/h4-10H,3H2,1-2H3/b9-8+. The molecule has 1 aromatic carbocycles. The third kappa shape index (κ3) is 3.20. The molecule has 0 aliphatic carbocycles. The van der Waals surface area contributed by atoms with Crippen molar-refractivity contribution in [2.24, 2.45) is 0 Å². The number of nitrogens with zero attached hydrogens (tertiary/aromatic N) is 2. The monoisotopic (exact) mass is 318 g/mol. The highest BCUT2D eigenvalue weighted by Gasteiger charge is 2.05. The van der Waals surface area contributed by atoms with Crippen LogP contribution < -0.4 is 0 Å². The Hall–Kier alpha value is -1.68. The molecule has 0 unspecified atom stereocenters. The number of carbonyl (C=O) groups excluding carboxylic acids is 1. The molecule has 0 saturated carbocycles. The molecule has 4 heteroatoms. The van der Waals surface area contributed by atoms with Crippen LogP contribution in [0.5, 0.6) is 0 Å². The second-order valence-electron chi connectivity index (χ2n) is 4.26. The van der Waals surface area contributed by atoms with Crippen LogP contribution in [0.4, 0.5) is 0 Å². The molecular formula is C15H15BrN2O. The van der Waals surface area contributed by atoms with Crippen molar-refractivity contribution in [3.63, 3.8) is 0 Å². The van der Waals surface area contributed by atoms with Gasteiger partial charge in [0.1, 0.15) is 0 Å². The van der Waals surface area contributed by atoms with E-state index in [1.54, 1.807) is 18.3 Å². The fraction of sp³-hybridized carbons (Fsp3) is 0.200. The number of hydrogen-bond acceptors (Lipinski definition) is 2. The molecule has 0 radical (unpaired) electrons. The zero-order valence-electron chi connectivity index (χ0n) is 10.9. The Kier molecular flexibility index (Phi) is 4.32. The van der Waals surface area contributed by atoms with Crippen LogP contribution in [0.3, 0.4) is 0 Å². The number of hydrogen-bond donors (Lipinski definition) is 0. The molecule has 0 aliphatic rings. The third-order valence-corrected chi connectivity index (χ3v) is 3.47. The summed E-state index contributed by atoms with van der Waals surface area (Å²) in [6, 6.07) is 7.56. The van der Waals surface area contributed by atoms with E-state index < -0.39 is 0 Å². The highest BCUT2D eigenvalue weighted by molar-refractivity contribution is 9.10. The first-order chi connectivity index (χ1) is 9.11. The Bertz CT molecular complexity index is 612. The number of carbonyl (C=O) groups is 1. The largest absolute Gasteiger partial charge is 0.289 e. The van der Waals surface area contributed by atoms with E-state index in [4.69, 9.17) is 0 Å². The van der Waals surface area contributed by atoms with Crippen LogP contribution in [-0.4, -0.2) is 15.6 Å². The average Bonchev–Trinajstić information content (AvgIpc) is 2.77. The van der Waals surface area contributed by atoms with Crippen molar-refractivity contribution in [1.29, 1.82) is 0 Å². The van der Waals surface area contributed by atoms with Gasteiger partial charge in [0.2, 0.25) is 0 Å². The van der Waals surface area contributed by atoms with Crippen molar-refractivity contribution in [3.05, 3.63) is 57.8 Å². The Labute approximate surface area is 121 Å². The molecule has 19 heavy (non-hydrogen) atoms. The SMILES string of the molecule is CCn1ncc(Br)c1/C=C/C(=O)c1ccc(C)cc1. The zero-order valence-corrected chi connectivity index (χ0v) is 12.5. The summed E-state index contributed by atoms with van der Waals surface area (Å²) in [5, 5.41) is 4.20. The minimum atomic E-state index is -0.00393. The predicted molar refractivity (Wildman–Crippen MR) is 80.1 cm³/mol. The lowest BCUT2D eigenvalue weighted by Crippen LogP contribution is -1.99. The van der Waals surface area contributed by atoms with Crippen molar-refractivity contribution in [3.8, 4) is 0 Å². The number of aryl methyl sites for hydroxylation is 2. The topological polar surface area (TPSA) is 34.9 Å². The van der Waals surface area contributed by atoms with Gasteiger partial charge in [0, 0.05) is 12.1 Å². The number of ketones is 1. The van der Waals surface area contributed by atoms with Crippen molar-refractivity contribution >= 4 is 27.8 Å². The maximum Gasteiger partial charge on any atom is 0.185 e. The number of benzene rings is 1. The van der Waals surface area contributed by atoms with E-state index in [1.165, 1.54) is 0 Å². The predicted octanol–water partition coefficient (Wildman–Crippen LogP) is 3.87. The highest BCUT2D eigenvalue weighted by atomic mass is 79.9. The third-order valence-electron chi connectivity index (χ3n) is 2.86. The summed E-state index contributed by atoms with van der Waals surface area (Å²) in [5.41, 5.74) is 2.75. The summed E-state index contributed by atoms with van der Waals surface area (Å²) in [4.78, 5) is 12.0. The van der Waals surface area contributed by atoms with E-state index in [1.807, 2.05) is 42.8 Å². The summed E-state index contributed by atoms with van der Waals surface area (Å²) in [7, 11) is 0. The molecule has 0 fully saturated rings. The molecule has 0 aliphatic heterocycles. The number of halogens is 1. The van der Waals surface area contributed by atoms with Gasteiger partial charge in [0.15, 0.2) is 5.78 Å². The van der Waals surface area contributed by atoms with Gasteiger partial charge >= 0.3 is 0 Å². The first-order valence-electron chi connectivity index (χ1n) is 6.12. The summed E-state index contributed by atoms with van der Waals surface area (Å²) < 4.78 is 2.73. The minimum absolute atomic E-state index is 0.00393. The molecule has 0 bridgehead atoms. The second-order valence-corrected chi connectivity index (χ2v) is 5.11. The highest BCUT2D eigenvalue weighted by Crippen LogP contribution is 2.18. The molecule has 1 heterocycles. The normalized spacial score (nSPS) is 11.1. The van der Waals surface area contributed by atoms with E-state index in [0.717, 1.165) is 22.3 Å². The van der Waals surface area contributed by atoms with Crippen LogP contribution in [0.25, 0.3) is 6.08 Å². The quantitative estimate of drug-likeness (QED) is 0.633. The lowest BCUT2D eigenvalue weighted by molar-refractivity contribution is 0.104. The Morgan fingerprint density at radius 1 is 1.37 bits per heavy atom. The van der Waals surface area contributed by atoms with Gasteiger partial charge in [0.25, 0.3) is 0 Å². The average molecular weight is 319 g/mol. The van der Waals surface area contributed by atoms with E-state index in [-0.39, 0.29) is 5.78 Å². The van der Waals surface area contributed by atoms with E-state index in [9.17, 15) is 4.79 Å². The van der Waals surface area contributed by atoms with Crippen molar-refractivity contribution in [1.82, 2.24) is 9.78 Å². The number of allylic oxidation sites excluding steroid dienone is 1. The molecule has 3 nitrogen and oxygen atoms in total. The fourth-order valence-electron chi connectivity index (χ4n) is 1.76. The van der Waals surface area contributed by atoms with Crippen LogP contribution in [0, 0.1) is 6.92 Å². The molecular weight excluding hydrogens is 304 g/mol. The van der Waals surface area contributed by atoms with Gasteiger partial charge in [-0.2, -0.15) is 5.10 Å². The van der Waals surface area contributed by atoms with Gasteiger partial charge in [-0.15, -0.1) is 0 Å². The van der Waals surface area contributed by atoms with Gasteiger partial charge in [0.05, 0.1) is 16.4 Å². The zero-order chi connectivity index (χ0) is 13.8. The van der Waals surface area contributed by atoms with Crippen molar-refractivity contribution < 1.29 is 4.79 Å². The summed E-state index contributed by atoms with van der Waals surface area (Å²) in [6.07, 6.45) is 5.11. The summed E-state index contributed by atoms with van der Waals surface area (Å²) in [6.45, 7) is 4.78. The minimum Gasteiger partial charge on any atom is -0.289 e. The Morgan fingerprint density at radius 3 is 2.68 bits per heavy atom. The molecule has 0 N–H and O–H groups in total. The van der Waals surface area contributed by atoms with Crippen molar-refractivity contribution in [2.75, 3.05) is 0 Å². The lowest BCUT2D eigenvalue weighted by Gasteiger charge is -2.00. The lowest BCUT2D eigenvalue weighted by atomic mass is 10.1. The van der Waals surface area contributed by atoms with Gasteiger partial charge in [-0.3, -0.25) is 9.48 Å². The molecule has 2 aromatic rings. The Balaban J connectivity index is 2.20. The molecule has 98 valence electrons. The molecule has 0 saturated heterocycles. The van der Waals surface area contributed by atoms with Crippen LogP contribution in [0.2, 0.25) is 0 Å². The van der Waals surface area contributed by atoms with Gasteiger partial charge in [-0.1, -0.05) is 29.8 Å². The summed E-state index contributed by atoms with van der Waals surface area (Å²) in [5.74, 6) is -0.00393. The van der Waals surface area contributed by atoms with Crippen LogP contribution >= 0.6 is 15.9 Å². The van der Waals surface area contributed by atoms with Gasteiger partial charge in [-0.05, 0) is 41.9 Å². The van der Waals surface area contributed by atoms with Crippen molar-refractivity contribution in [2.45, 2.75) is 20.4 Å². The van der Waals surface area contributed by atoms with E-state index >= 15 is 0 Å².